The maximum atomic E-state index is 12.7. The fraction of sp³-hybridized carbons (Fsp3) is 0.421. The van der Waals surface area contributed by atoms with Gasteiger partial charge in [-0.2, -0.15) is 4.31 Å². The van der Waals surface area contributed by atoms with Crippen molar-refractivity contribution in [2.24, 2.45) is 0 Å². The summed E-state index contributed by atoms with van der Waals surface area (Å²) in [5.41, 5.74) is 1.66. The lowest BCUT2D eigenvalue weighted by Gasteiger charge is -2.36. The van der Waals surface area contributed by atoms with Crippen LogP contribution in [0.1, 0.15) is 12.5 Å². The second kappa shape index (κ2) is 8.60. The third kappa shape index (κ3) is 4.38. The van der Waals surface area contributed by atoms with E-state index in [1.807, 2.05) is 36.9 Å². The molecular weight excluding hydrogens is 398 g/mol. The first-order valence-electron chi connectivity index (χ1n) is 9.06. The molecule has 1 aromatic carbocycles. The van der Waals surface area contributed by atoms with Gasteiger partial charge in [0.05, 0.1) is 18.8 Å². The van der Waals surface area contributed by atoms with E-state index in [0.29, 0.717) is 41.8 Å². The average molecular weight is 424 g/mol. The van der Waals surface area contributed by atoms with E-state index in [0.717, 1.165) is 5.56 Å². The molecule has 28 heavy (non-hydrogen) atoms. The zero-order chi connectivity index (χ0) is 20.3. The van der Waals surface area contributed by atoms with Crippen LogP contribution < -0.4 is 10.1 Å². The maximum Gasteiger partial charge on any atom is 0.252 e. The number of piperazine rings is 1. The SMILES string of the molecule is COc1ccc(C)cc1NC(=O)C(C)N1CCN(S(=O)(=O)c2cccs2)CC1. The molecule has 0 aliphatic carbocycles. The highest BCUT2D eigenvalue weighted by Crippen LogP contribution is 2.26. The number of nitrogens with zero attached hydrogens (tertiary/aromatic N) is 2. The first kappa shape index (κ1) is 20.8. The fourth-order valence-electron chi connectivity index (χ4n) is 3.19. The molecule has 0 radical (unpaired) electrons. The number of methoxy groups -OCH3 is 1. The van der Waals surface area contributed by atoms with Gasteiger partial charge in [0.25, 0.3) is 10.0 Å². The van der Waals surface area contributed by atoms with Gasteiger partial charge in [0.2, 0.25) is 5.91 Å². The Morgan fingerprint density at radius 2 is 1.93 bits per heavy atom. The van der Waals surface area contributed by atoms with Gasteiger partial charge >= 0.3 is 0 Å². The van der Waals surface area contributed by atoms with Crippen LogP contribution in [0.15, 0.2) is 39.9 Å². The molecule has 3 rings (SSSR count). The van der Waals surface area contributed by atoms with Gasteiger partial charge in [0, 0.05) is 26.2 Å². The molecule has 1 unspecified atom stereocenters. The van der Waals surface area contributed by atoms with Gasteiger partial charge in [-0.05, 0) is 43.0 Å². The number of hydrogen-bond donors (Lipinski definition) is 1. The number of carbonyl (C=O) groups excluding carboxylic acids is 1. The van der Waals surface area contributed by atoms with Gasteiger partial charge in [0.15, 0.2) is 0 Å². The summed E-state index contributed by atoms with van der Waals surface area (Å²) in [5.74, 6) is 0.469. The predicted molar refractivity (Wildman–Crippen MR) is 110 cm³/mol. The molecule has 152 valence electrons. The second-order valence-corrected chi connectivity index (χ2v) is 9.85. The molecule has 9 heteroatoms. The van der Waals surface area contributed by atoms with Crippen LogP contribution in [-0.2, 0) is 14.8 Å². The summed E-state index contributed by atoms with van der Waals surface area (Å²) in [4.78, 5) is 14.7. The molecule has 0 spiro atoms. The summed E-state index contributed by atoms with van der Waals surface area (Å²) in [6, 6.07) is 8.60. The minimum Gasteiger partial charge on any atom is -0.495 e. The van der Waals surface area contributed by atoms with Crippen LogP contribution in [0.4, 0.5) is 5.69 Å². The van der Waals surface area contributed by atoms with Crippen molar-refractivity contribution in [1.29, 1.82) is 0 Å². The number of carbonyl (C=O) groups is 1. The number of benzene rings is 1. The smallest absolute Gasteiger partial charge is 0.252 e. The number of amides is 1. The van der Waals surface area contributed by atoms with Crippen LogP contribution in [0.3, 0.4) is 0 Å². The number of aryl methyl sites for hydroxylation is 1. The summed E-state index contributed by atoms with van der Waals surface area (Å²) in [6.07, 6.45) is 0. The second-order valence-electron chi connectivity index (χ2n) is 6.74. The van der Waals surface area contributed by atoms with E-state index in [2.05, 4.69) is 5.32 Å². The Morgan fingerprint density at radius 1 is 1.21 bits per heavy atom. The van der Waals surface area contributed by atoms with Crippen molar-refractivity contribution >= 4 is 33.0 Å². The van der Waals surface area contributed by atoms with Crippen LogP contribution in [0.2, 0.25) is 0 Å². The molecule has 2 heterocycles. The first-order valence-corrected chi connectivity index (χ1v) is 11.4. The molecule has 1 aromatic heterocycles. The third-order valence-corrected chi connectivity index (χ3v) is 8.17. The first-order chi connectivity index (χ1) is 13.3. The van der Waals surface area contributed by atoms with E-state index in [-0.39, 0.29) is 11.9 Å². The van der Waals surface area contributed by atoms with Gasteiger partial charge in [-0.15, -0.1) is 11.3 Å². The van der Waals surface area contributed by atoms with Crippen LogP contribution in [0.25, 0.3) is 0 Å². The molecule has 1 amide bonds. The number of thiophene rings is 1. The number of anilines is 1. The zero-order valence-corrected chi connectivity index (χ0v) is 17.8. The lowest BCUT2D eigenvalue weighted by Crippen LogP contribution is -2.53. The highest BCUT2D eigenvalue weighted by molar-refractivity contribution is 7.91. The number of hydrogen-bond acceptors (Lipinski definition) is 6. The van der Waals surface area contributed by atoms with Gasteiger partial charge < -0.3 is 10.1 Å². The van der Waals surface area contributed by atoms with Gasteiger partial charge in [-0.25, -0.2) is 8.42 Å². The van der Waals surface area contributed by atoms with E-state index < -0.39 is 10.0 Å². The number of nitrogens with one attached hydrogen (secondary N) is 1. The van der Waals surface area contributed by atoms with Gasteiger partial charge in [0.1, 0.15) is 9.96 Å². The predicted octanol–water partition coefficient (Wildman–Crippen LogP) is 2.40. The molecule has 0 bridgehead atoms. The van der Waals surface area contributed by atoms with Crippen molar-refractivity contribution in [2.75, 3.05) is 38.6 Å². The summed E-state index contributed by atoms with van der Waals surface area (Å²) in [6.45, 7) is 5.53. The van der Waals surface area contributed by atoms with Crippen LogP contribution in [0.5, 0.6) is 5.75 Å². The standard InChI is InChI=1S/C19H25N3O4S2/c1-14-6-7-17(26-3)16(13-14)20-19(23)15(2)21-8-10-22(11-9-21)28(24,25)18-5-4-12-27-18/h4-7,12-13,15H,8-11H2,1-3H3,(H,20,23). The average Bonchev–Trinajstić information content (AvgIpc) is 3.23. The highest BCUT2D eigenvalue weighted by atomic mass is 32.2. The Bertz CT molecular complexity index is 921. The van der Waals surface area contributed by atoms with Crippen molar-refractivity contribution in [2.45, 2.75) is 24.1 Å². The molecule has 0 saturated carbocycles. The number of ether oxygens (including phenoxy) is 1. The minimum atomic E-state index is -3.44. The molecule has 2 aromatic rings. The van der Waals surface area contributed by atoms with Crippen molar-refractivity contribution < 1.29 is 17.9 Å². The van der Waals surface area contributed by atoms with E-state index in [1.165, 1.54) is 15.6 Å². The Morgan fingerprint density at radius 3 is 2.54 bits per heavy atom. The topological polar surface area (TPSA) is 79.0 Å². The van der Waals surface area contributed by atoms with Crippen molar-refractivity contribution in [3.63, 3.8) is 0 Å². The lowest BCUT2D eigenvalue weighted by atomic mass is 10.2. The Balaban J connectivity index is 1.61. The number of rotatable bonds is 6. The van der Waals surface area contributed by atoms with Crippen LogP contribution in [-0.4, -0.2) is 62.9 Å². The molecule has 1 atom stereocenters. The molecule has 1 aliphatic heterocycles. The van der Waals surface area contributed by atoms with Crippen molar-refractivity contribution in [1.82, 2.24) is 9.21 Å². The van der Waals surface area contributed by atoms with Gasteiger partial charge in [-0.3, -0.25) is 9.69 Å². The van der Waals surface area contributed by atoms with Crippen LogP contribution in [0, 0.1) is 6.92 Å². The summed E-state index contributed by atoms with van der Waals surface area (Å²) < 4.78 is 32.4. The summed E-state index contributed by atoms with van der Waals surface area (Å²) in [7, 11) is -1.88. The van der Waals surface area contributed by atoms with E-state index in [9.17, 15) is 13.2 Å². The molecule has 7 nitrogen and oxygen atoms in total. The lowest BCUT2D eigenvalue weighted by molar-refractivity contribution is -0.121. The van der Waals surface area contributed by atoms with E-state index >= 15 is 0 Å². The van der Waals surface area contributed by atoms with Gasteiger partial charge in [-0.1, -0.05) is 12.1 Å². The fourth-order valence-corrected chi connectivity index (χ4v) is 5.76. The Labute approximate surface area is 170 Å². The Kier molecular flexibility index (Phi) is 6.39. The van der Waals surface area contributed by atoms with Crippen molar-refractivity contribution in [3.8, 4) is 5.75 Å². The highest BCUT2D eigenvalue weighted by Gasteiger charge is 2.32. The maximum absolute atomic E-state index is 12.7. The summed E-state index contributed by atoms with van der Waals surface area (Å²) >= 11 is 1.22. The normalized spacial score (nSPS) is 17.2. The third-order valence-electron chi connectivity index (χ3n) is 4.90. The number of sulfonamides is 1. The molecule has 1 fully saturated rings. The van der Waals surface area contributed by atoms with Crippen molar-refractivity contribution in [3.05, 3.63) is 41.3 Å². The quantitative estimate of drug-likeness (QED) is 0.772. The van der Waals surface area contributed by atoms with E-state index in [1.54, 1.807) is 24.6 Å². The zero-order valence-electron chi connectivity index (χ0n) is 16.2. The van der Waals surface area contributed by atoms with E-state index in [4.69, 9.17) is 4.74 Å². The minimum absolute atomic E-state index is 0.140. The van der Waals surface area contributed by atoms with Crippen LogP contribution >= 0.6 is 11.3 Å². The largest absolute Gasteiger partial charge is 0.495 e. The monoisotopic (exact) mass is 423 g/mol. The molecule has 1 N–H and O–H groups in total. The molecule has 1 saturated heterocycles. The molecule has 1 aliphatic rings. The summed E-state index contributed by atoms with van der Waals surface area (Å²) in [5, 5.41) is 4.69. The molecular formula is C19H25N3O4S2. The Hall–Kier alpha value is -1.94.